The van der Waals surface area contributed by atoms with E-state index in [2.05, 4.69) is 0 Å². The molecule has 24 heavy (non-hydrogen) atoms. The standard InChI is InChI=1S/C17H15Cl2NO4/c1-11(16(21)22)20(15-8-7-13(18)9-14(15)19)17(23)24-10-12-5-3-2-4-6-12/h2-9,11H,10H2,1H3,(H,21,22). The Morgan fingerprint density at radius 2 is 1.83 bits per heavy atom. The van der Waals surface area contributed by atoms with Gasteiger partial charge in [0.25, 0.3) is 0 Å². The van der Waals surface area contributed by atoms with Crippen molar-refractivity contribution >= 4 is 41.0 Å². The molecule has 1 amide bonds. The number of ether oxygens (including phenoxy) is 1. The maximum absolute atomic E-state index is 12.4. The molecule has 1 atom stereocenters. The lowest BCUT2D eigenvalue weighted by atomic mass is 10.2. The van der Waals surface area contributed by atoms with E-state index < -0.39 is 18.1 Å². The molecule has 5 nitrogen and oxygen atoms in total. The summed E-state index contributed by atoms with van der Waals surface area (Å²) in [6.45, 7) is 1.39. The molecule has 7 heteroatoms. The van der Waals surface area contributed by atoms with Crippen molar-refractivity contribution in [2.24, 2.45) is 0 Å². The lowest BCUT2D eigenvalue weighted by Gasteiger charge is -2.26. The van der Waals surface area contributed by atoms with E-state index in [1.165, 1.54) is 25.1 Å². The predicted molar refractivity (Wildman–Crippen MR) is 92.7 cm³/mol. The van der Waals surface area contributed by atoms with E-state index in [0.29, 0.717) is 5.02 Å². The average Bonchev–Trinajstić information content (AvgIpc) is 2.55. The number of rotatable bonds is 5. The molecular formula is C17H15Cl2NO4. The van der Waals surface area contributed by atoms with Crippen LogP contribution in [-0.2, 0) is 16.1 Å². The Morgan fingerprint density at radius 1 is 1.17 bits per heavy atom. The van der Waals surface area contributed by atoms with Crippen LogP contribution in [0.4, 0.5) is 10.5 Å². The monoisotopic (exact) mass is 367 g/mol. The number of carbonyl (C=O) groups is 2. The Hall–Kier alpha value is -2.24. The molecular weight excluding hydrogens is 353 g/mol. The number of hydrogen-bond donors (Lipinski definition) is 1. The van der Waals surface area contributed by atoms with Crippen molar-refractivity contribution in [2.45, 2.75) is 19.6 Å². The van der Waals surface area contributed by atoms with Crippen molar-refractivity contribution in [2.75, 3.05) is 4.90 Å². The largest absolute Gasteiger partial charge is 0.480 e. The van der Waals surface area contributed by atoms with Gasteiger partial charge in [-0.05, 0) is 30.7 Å². The quantitative estimate of drug-likeness (QED) is 0.837. The van der Waals surface area contributed by atoms with Gasteiger partial charge in [0.15, 0.2) is 0 Å². The molecule has 2 aromatic rings. The van der Waals surface area contributed by atoms with Crippen molar-refractivity contribution in [3.63, 3.8) is 0 Å². The molecule has 0 aliphatic rings. The SMILES string of the molecule is CC(C(=O)O)N(C(=O)OCc1ccccc1)c1ccc(Cl)cc1Cl. The van der Waals surface area contributed by atoms with Crippen LogP contribution in [-0.4, -0.2) is 23.2 Å². The third-order valence-corrected chi connectivity index (χ3v) is 3.85. The Balaban J connectivity index is 2.25. The number of carboxylic acid groups (broad SMARTS) is 1. The van der Waals surface area contributed by atoms with Crippen LogP contribution in [0.3, 0.4) is 0 Å². The van der Waals surface area contributed by atoms with E-state index in [9.17, 15) is 14.7 Å². The fraction of sp³-hybridized carbons (Fsp3) is 0.176. The van der Waals surface area contributed by atoms with Crippen LogP contribution in [0.15, 0.2) is 48.5 Å². The molecule has 0 aliphatic carbocycles. The summed E-state index contributed by atoms with van der Waals surface area (Å²) >= 11 is 12.0. The summed E-state index contributed by atoms with van der Waals surface area (Å²) in [6, 6.07) is 12.4. The molecule has 0 saturated heterocycles. The van der Waals surface area contributed by atoms with E-state index in [4.69, 9.17) is 27.9 Å². The first-order valence-corrected chi connectivity index (χ1v) is 7.83. The molecule has 0 saturated carbocycles. The Labute approximate surface area is 149 Å². The number of halogens is 2. The third kappa shape index (κ3) is 4.40. The van der Waals surface area contributed by atoms with Gasteiger partial charge >= 0.3 is 12.1 Å². The number of hydrogen-bond acceptors (Lipinski definition) is 3. The van der Waals surface area contributed by atoms with Crippen molar-refractivity contribution in [3.05, 3.63) is 64.1 Å². The van der Waals surface area contributed by atoms with Gasteiger partial charge in [-0.1, -0.05) is 53.5 Å². The van der Waals surface area contributed by atoms with Gasteiger partial charge in [0, 0.05) is 5.02 Å². The zero-order valence-electron chi connectivity index (χ0n) is 12.8. The predicted octanol–water partition coefficient (Wildman–Crippen LogP) is 4.61. The summed E-state index contributed by atoms with van der Waals surface area (Å²) in [5.41, 5.74) is 1.00. The van der Waals surface area contributed by atoms with Gasteiger partial charge in [-0.15, -0.1) is 0 Å². The van der Waals surface area contributed by atoms with Gasteiger partial charge < -0.3 is 9.84 Å². The maximum atomic E-state index is 12.4. The number of benzene rings is 2. The molecule has 0 heterocycles. The van der Waals surface area contributed by atoms with Gasteiger partial charge in [0.1, 0.15) is 12.6 Å². The highest BCUT2D eigenvalue weighted by Gasteiger charge is 2.30. The van der Waals surface area contributed by atoms with E-state index in [-0.39, 0.29) is 17.3 Å². The highest BCUT2D eigenvalue weighted by molar-refractivity contribution is 6.36. The minimum atomic E-state index is -1.18. The third-order valence-electron chi connectivity index (χ3n) is 3.32. The van der Waals surface area contributed by atoms with E-state index in [1.54, 1.807) is 12.1 Å². The molecule has 0 aliphatic heterocycles. The minimum Gasteiger partial charge on any atom is -0.480 e. The van der Waals surface area contributed by atoms with Gasteiger partial charge in [-0.2, -0.15) is 0 Å². The number of nitrogens with zero attached hydrogens (tertiary/aromatic N) is 1. The Bertz CT molecular complexity index is 737. The van der Waals surface area contributed by atoms with Crippen molar-refractivity contribution in [1.82, 2.24) is 0 Å². The normalized spacial score (nSPS) is 11.6. The molecule has 2 rings (SSSR count). The molecule has 0 aromatic heterocycles. The van der Waals surface area contributed by atoms with Crippen molar-refractivity contribution in [1.29, 1.82) is 0 Å². The van der Waals surface area contributed by atoms with E-state index in [0.717, 1.165) is 10.5 Å². The highest BCUT2D eigenvalue weighted by atomic mass is 35.5. The molecule has 1 N–H and O–H groups in total. The van der Waals surface area contributed by atoms with Crippen LogP contribution in [0.1, 0.15) is 12.5 Å². The van der Waals surface area contributed by atoms with Gasteiger partial charge in [-0.3, -0.25) is 4.90 Å². The number of carboxylic acids is 1. The van der Waals surface area contributed by atoms with Crippen LogP contribution in [0, 0.1) is 0 Å². The number of anilines is 1. The van der Waals surface area contributed by atoms with Gasteiger partial charge in [0.2, 0.25) is 0 Å². The second-order valence-corrected chi connectivity index (χ2v) is 5.86. The van der Waals surface area contributed by atoms with Gasteiger partial charge in [-0.25, -0.2) is 9.59 Å². The lowest BCUT2D eigenvalue weighted by Crippen LogP contribution is -2.44. The topological polar surface area (TPSA) is 66.8 Å². The fourth-order valence-corrected chi connectivity index (χ4v) is 2.54. The molecule has 2 aromatic carbocycles. The second kappa shape index (κ2) is 8.04. The Kier molecular flexibility index (Phi) is 6.06. The zero-order chi connectivity index (χ0) is 17.7. The van der Waals surface area contributed by atoms with Crippen LogP contribution in [0.2, 0.25) is 10.0 Å². The van der Waals surface area contributed by atoms with Crippen molar-refractivity contribution < 1.29 is 19.4 Å². The summed E-state index contributed by atoms with van der Waals surface area (Å²) in [6.07, 6.45) is -0.807. The van der Waals surface area contributed by atoms with E-state index >= 15 is 0 Å². The fourth-order valence-electron chi connectivity index (χ4n) is 2.04. The number of amides is 1. The molecule has 0 spiro atoms. The summed E-state index contributed by atoms with van der Waals surface area (Å²) in [4.78, 5) is 24.8. The van der Waals surface area contributed by atoms with Crippen LogP contribution >= 0.6 is 23.2 Å². The Morgan fingerprint density at radius 3 is 2.42 bits per heavy atom. The van der Waals surface area contributed by atoms with Crippen LogP contribution in [0.5, 0.6) is 0 Å². The smallest absolute Gasteiger partial charge is 0.415 e. The summed E-state index contributed by atoms with van der Waals surface area (Å²) in [7, 11) is 0. The van der Waals surface area contributed by atoms with Gasteiger partial charge in [0.05, 0.1) is 10.7 Å². The molecule has 1 unspecified atom stereocenters. The average molecular weight is 368 g/mol. The van der Waals surface area contributed by atoms with Crippen molar-refractivity contribution in [3.8, 4) is 0 Å². The lowest BCUT2D eigenvalue weighted by molar-refractivity contribution is -0.138. The summed E-state index contributed by atoms with van der Waals surface area (Å²) in [5, 5.41) is 9.81. The molecule has 0 fully saturated rings. The first-order valence-electron chi connectivity index (χ1n) is 7.08. The van der Waals surface area contributed by atoms with Crippen LogP contribution < -0.4 is 4.90 Å². The molecule has 0 radical (unpaired) electrons. The molecule has 126 valence electrons. The summed E-state index contributed by atoms with van der Waals surface area (Å²) < 4.78 is 5.23. The number of aliphatic carboxylic acids is 1. The van der Waals surface area contributed by atoms with Crippen LogP contribution in [0.25, 0.3) is 0 Å². The van der Waals surface area contributed by atoms with E-state index in [1.807, 2.05) is 18.2 Å². The summed E-state index contributed by atoms with van der Waals surface area (Å²) in [5.74, 6) is -1.18. The highest BCUT2D eigenvalue weighted by Crippen LogP contribution is 2.31. The molecule has 0 bridgehead atoms. The maximum Gasteiger partial charge on any atom is 0.415 e. The first kappa shape index (κ1) is 18.1. The number of carbonyl (C=O) groups excluding carboxylic acids is 1. The zero-order valence-corrected chi connectivity index (χ0v) is 14.3. The minimum absolute atomic E-state index is 0.0215. The first-order chi connectivity index (χ1) is 11.4. The second-order valence-electron chi connectivity index (χ2n) is 5.02.